The summed E-state index contributed by atoms with van der Waals surface area (Å²) >= 11 is 0. The summed E-state index contributed by atoms with van der Waals surface area (Å²) in [5, 5.41) is 11.3. The van der Waals surface area contributed by atoms with Gasteiger partial charge in [0.15, 0.2) is 18.0 Å². The minimum Gasteiger partial charge on any atom is -0.458 e. The van der Waals surface area contributed by atoms with E-state index in [4.69, 9.17) is 14.2 Å². The Morgan fingerprint density at radius 2 is 1.43 bits per heavy atom. The van der Waals surface area contributed by atoms with Crippen LogP contribution in [0.5, 0.6) is 0 Å². The van der Waals surface area contributed by atoms with Gasteiger partial charge >= 0.3 is 11.9 Å². The first-order valence-electron chi connectivity index (χ1n) is 11.8. The lowest BCUT2D eigenvalue weighted by Crippen LogP contribution is -2.53. The molecular formula is C30H30O7. The number of hydrogen-bond acceptors (Lipinski definition) is 7. The van der Waals surface area contributed by atoms with E-state index in [9.17, 15) is 19.5 Å². The Morgan fingerprint density at radius 1 is 0.892 bits per heavy atom. The van der Waals surface area contributed by atoms with Gasteiger partial charge in [0, 0.05) is 0 Å². The van der Waals surface area contributed by atoms with Crippen molar-refractivity contribution in [3.8, 4) is 0 Å². The molecule has 0 radical (unpaired) electrons. The van der Waals surface area contributed by atoms with Gasteiger partial charge in [0.2, 0.25) is 0 Å². The van der Waals surface area contributed by atoms with Gasteiger partial charge in [-0.1, -0.05) is 78.4 Å². The maximum atomic E-state index is 12.9. The average Bonchev–Trinajstić information content (AvgIpc) is 2.92. The van der Waals surface area contributed by atoms with E-state index in [0.717, 1.165) is 22.8 Å². The third-order valence-corrected chi connectivity index (χ3v) is 5.86. The number of esters is 2. The quantitative estimate of drug-likeness (QED) is 0.223. The van der Waals surface area contributed by atoms with E-state index in [1.54, 1.807) is 60.7 Å². The van der Waals surface area contributed by atoms with Crippen LogP contribution in [0, 0.1) is 13.8 Å². The Morgan fingerprint density at radius 3 is 1.95 bits per heavy atom. The lowest BCUT2D eigenvalue weighted by atomic mass is 9.93. The minimum absolute atomic E-state index is 0.0234. The topological polar surface area (TPSA) is 99.1 Å². The summed E-state index contributed by atoms with van der Waals surface area (Å²) in [7, 11) is 0. The number of carbonyl (C=O) groups excluding carboxylic acids is 3. The number of benzene rings is 3. The summed E-state index contributed by atoms with van der Waals surface area (Å²) in [4.78, 5) is 37.7. The zero-order valence-electron chi connectivity index (χ0n) is 20.8. The molecule has 0 spiro atoms. The highest BCUT2D eigenvalue weighted by Crippen LogP contribution is 2.24. The molecule has 3 rings (SSSR count). The van der Waals surface area contributed by atoms with Crippen LogP contribution in [0.15, 0.2) is 91.5 Å². The number of hydrogen-bond donors (Lipinski definition) is 1. The summed E-state index contributed by atoms with van der Waals surface area (Å²) in [6, 6.07) is 22.4. The Hall–Kier alpha value is -4.07. The predicted molar refractivity (Wildman–Crippen MR) is 138 cm³/mol. The van der Waals surface area contributed by atoms with Crippen LogP contribution in [0.2, 0.25) is 0 Å². The first-order valence-corrected chi connectivity index (χ1v) is 11.8. The van der Waals surface area contributed by atoms with Crippen molar-refractivity contribution in [2.45, 2.75) is 38.3 Å². The van der Waals surface area contributed by atoms with Crippen molar-refractivity contribution in [1.82, 2.24) is 0 Å². The SMILES string of the molecule is C=C[C@@](C=O)(OCc1ccccc1)[C@H](O)[C@@H](COC(=O)c1ccc(C)cc1)OC(=O)c1ccc(C)cc1. The third-order valence-electron chi connectivity index (χ3n) is 5.86. The van der Waals surface area contributed by atoms with Gasteiger partial charge in [-0.2, -0.15) is 0 Å². The summed E-state index contributed by atoms with van der Waals surface area (Å²) in [5.74, 6) is -1.44. The number of carbonyl (C=O) groups is 3. The van der Waals surface area contributed by atoms with E-state index in [1.165, 1.54) is 0 Å². The first-order chi connectivity index (χ1) is 17.8. The van der Waals surface area contributed by atoms with Crippen molar-refractivity contribution < 1.29 is 33.7 Å². The lowest BCUT2D eigenvalue weighted by molar-refractivity contribution is -0.159. The molecule has 3 aromatic rings. The minimum atomic E-state index is -1.94. The second kappa shape index (κ2) is 12.8. The molecule has 7 heteroatoms. The number of aliphatic hydroxyl groups is 1. The molecule has 0 saturated heterocycles. The van der Waals surface area contributed by atoms with Crippen LogP contribution in [0.25, 0.3) is 0 Å². The fourth-order valence-electron chi connectivity index (χ4n) is 3.51. The molecule has 0 aromatic heterocycles. The van der Waals surface area contributed by atoms with Crippen molar-refractivity contribution in [3.63, 3.8) is 0 Å². The highest BCUT2D eigenvalue weighted by Gasteiger charge is 2.44. The summed E-state index contributed by atoms with van der Waals surface area (Å²) in [6.45, 7) is 6.86. The molecule has 0 amide bonds. The van der Waals surface area contributed by atoms with Gasteiger partial charge < -0.3 is 19.3 Å². The van der Waals surface area contributed by atoms with Crippen molar-refractivity contribution in [3.05, 3.63) is 119 Å². The van der Waals surface area contributed by atoms with Crippen molar-refractivity contribution in [2.24, 2.45) is 0 Å². The van der Waals surface area contributed by atoms with Gasteiger partial charge in [-0.3, -0.25) is 4.79 Å². The monoisotopic (exact) mass is 502 g/mol. The number of aryl methyl sites for hydroxylation is 2. The van der Waals surface area contributed by atoms with Gasteiger partial charge in [-0.05, 0) is 43.7 Å². The molecule has 7 nitrogen and oxygen atoms in total. The molecule has 1 N–H and O–H groups in total. The standard InChI is InChI=1S/C30H30O7/c1-4-30(20-31,36-18-23-8-6-5-7-9-23)27(32)26(37-29(34)25-16-12-22(3)13-17-25)19-35-28(33)24-14-10-21(2)11-15-24/h4-17,20,26-27,32H,1,18-19H2,2-3H3/t26-,27-,30+/m1/s1. The normalized spacial score (nSPS) is 14.0. The van der Waals surface area contributed by atoms with Gasteiger partial charge in [-0.25, -0.2) is 9.59 Å². The zero-order chi connectivity index (χ0) is 26.8. The van der Waals surface area contributed by atoms with Crippen LogP contribution in [-0.4, -0.2) is 47.7 Å². The molecule has 0 unspecified atom stereocenters. The van der Waals surface area contributed by atoms with Crippen LogP contribution in [0.1, 0.15) is 37.4 Å². The molecule has 0 bridgehead atoms. The predicted octanol–water partition coefficient (Wildman–Crippen LogP) is 4.39. The molecular weight excluding hydrogens is 472 g/mol. The van der Waals surface area contributed by atoms with E-state index in [2.05, 4.69) is 6.58 Å². The third kappa shape index (κ3) is 7.22. The summed E-state index contributed by atoms with van der Waals surface area (Å²) in [6.07, 6.45) is -1.64. The van der Waals surface area contributed by atoms with E-state index in [1.807, 2.05) is 32.0 Å². The second-order valence-electron chi connectivity index (χ2n) is 8.67. The van der Waals surface area contributed by atoms with Gasteiger partial charge in [-0.15, -0.1) is 0 Å². The fourth-order valence-corrected chi connectivity index (χ4v) is 3.51. The zero-order valence-corrected chi connectivity index (χ0v) is 20.8. The number of aliphatic hydroxyl groups excluding tert-OH is 1. The smallest absolute Gasteiger partial charge is 0.338 e. The van der Waals surface area contributed by atoms with Gasteiger partial charge in [0.1, 0.15) is 12.7 Å². The molecule has 0 heterocycles. The van der Waals surface area contributed by atoms with Crippen molar-refractivity contribution in [2.75, 3.05) is 6.61 Å². The van der Waals surface area contributed by atoms with Crippen LogP contribution in [-0.2, 0) is 25.6 Å². The highest BCUT2D eigenvalue weighted by molar-refractivity contribution is 5.90. The largest absolute Gasteiger partial charge is 0.458 e. The van der Waals surface area contributed by atoms with Crippen LogP contribution >= 0.6 is 0 Å². The molecule has 37 heavy (non-hydrogen) atoms. The molecule has 0 saturated carbocycles. The maximum absolute atomic E-state index is 12.9. The molecule has 0 aliphatic rings. The second-order valence-corrected chi connectivity index (χ2v) is 8.67. The summed E-state index contributed by atoms with van der Waals surface area (Å²) < 4.78 is 16.7. The van der Waals surface area contributed by atoms with E-state index >= 15 is 0 Å². The molecule has 192 valence electrons. The van der Waals surface area contributed by atoms with Crippen LogP contribution in [0.3, 0.4) is 0 Å². The van der Waals surface area contributed by atoms with Crippen molar-refractivity contribution in [1.29, 1.82) is 0 Å². The molecule has 0 aliphatic heterocycles. The average molecular weight is 503 g/mol. The highest BCUT2D eigenvalue weighted by atomic mass is 16.6. The van der Waals surface area contributed by atoms with Crippen LogP contribution < -0.4 is 0 Å². The van der Waals surface area contributed by atoms with Crippen molar-refractivity contribution >= 4 is 18.2 Å². The Labute approximate surface area is 216 Å². The molecule has 3 aromatic carbocycles. The summed E-state index contributed by atoms with van der Waals surface area (Å²) in [5.41, 5.74) is 1.24. The lowest BCUT2D eigenvalue weighted by Gasteiger charge is -2.34. The van der Waals surface area contributed by atoms with E-state index < -0.39 is 36.4 Å². The molecule has 3 atom stereocenters. The molecule has 0 aliphatic carbocycles. The van der Waals surface area contributed by atoms with Gasteiger partial charge in [0.05, 0.1) is 17.7 Å². The van der Waals surface area contributed by atoms with E-state index in [-0.39, 0.29) is 17.7 Å². The number of rotatable bonds is 12. The Kier molecular flexibility index (Phi) is 9.49. The number of aldehydes is 1. The number of ether oxygens (including phenoxy) is 3. The Balaban J connectivity index is 1.83. The van der Waals surface area contributed by atoms with Crippen LogP contribution in [0.4, 0.5) is 0 Å². The first kappa shape index (κ1) is 27.5. The fraction of sp³-hybridized carbons (Fsp3) is 0.233. The maximum Gasteiger partial charge on any atom is 0.338 e. The molecule has 0 fully saturated rings. The van der Waals surface area contributed by atoms with Gasteiger partial charge in [0.25, 0.3) is 0 Å². The van der Waals surface area contributed by atoms with E-state index in [0.29, 0.717) is 6.29 Å². The Bertz CT molecular complexity index is 1190.